The van der Waals surface area contributed by atoms with E-state index in [1.165, 1.54) is 13.0 Å². The molecule has 0 saturated carbocycles. The first kappa shape index (κ1) is 12.4. The van der Waals surface area contributed by atoms with E-state index in [0.29, 0.717) is 6.54 Å². The Hall–Kier alpha value is -1.62. The van der Waals surface area contributed by atoms with Gasteiger partial charge in [-0.2, -0.15) is 0 Å². The van der Waals surface area contributed by atoms with Crippen LogP contribution in [0.3, 0.4) is 0 Å². The smallest absolute Gasteiger partial charge is 0.221 e. The minimum atomic E-state index is -0.457. The van der Waals surface area contributed by atoms with Crippen LogP contribution in [0, 0.1) is 5.82 Å². The van der Waals surface area contributed by atoms with Crippen LogP contribution >= 0.6 is 0 Å². The Morgan fingerprint density at radius 1 is 1.56 bits per heavy atom. The maximum Gasteiger partial charge on any atom is 0.221 e. The number of benzene rings is 1. The van der Waals surface area contributed by atoms with Crippen LogP contribution in [-0.4, -0.2) is 18.5 Å². The van der Waals surface area contributed by atoms with E-state index < -0.39 is 5.82 Å². The first-order chi connectivity index (χ1) is 7.52. The van der Waals surface area contributed by atoms with E-state index in [-0.39, 0.29) is 17.6 Å². The summed E-state index contributed by atoms with van der Waals surface area (Å²) in [6.07, 6.45) is 0. The van der Waals surface area contributed by atoms with Crippen molar-refractivity contribution in [2.45, 2.75) is 19.9 Å². The third-order valence-electron chi connectivity index (χ3n) is 2.04. The molecule has 4 N–H and O–H groups in total. The average Bonchev–Trinajstić information content (AvgIpc) is 2.22. The first-order valence-electron chi connectivity index (χ1n) is 5.06. The van der Waals surface area contributed by atoms with Gasteiger partial charge in [-0.1, -0.05) is 0 Å². The number of halogens is 1. The Morgan fingerprint density at radius 2 is 2.25 bits per heavy atom. The Bertz CT molecular complexity index is 381. The van der Waals surface area contributed by atoms with Gasteiger partial charge < -0.3 is 16.4 Å². The molecule has 0 bridgehead atoms. The molecule has 0 aliphatic rings. The van der Waals surface area contributed by atoms with E-state index in [1.54, 1.807) is 12.1 Å². The van der Waals surface area contributed by atoms with Gasteiger partial charge in [0.1, 0.15) is 5.82 Å². The normalized spacial score (nSPS) is 12.0. The summed E-state index contributed by atoms with van der Waals surface area (Å²) in [5.41, 5.74) is 6.36. The first-order valence-corrected chi connectivity index (χ1v) is 5.06. The van der Waals surface area contributed by atoms with Crippen molar-refractivity contribution < 1.29 is 9.18 Å². The Kier molecular flexibility index (Phi) is 4.25. The Labute approximate surface area is 94.0 Å². The highest BCUT2D eigenvalue weighted by Crippen LogP contribution is 2.20. The van der Waals surface area contributed by atoms with Crippen molar-refractivity contribution >= 4 is 17.3 Å². The number of carbonyl (C=O) groups is 1. The number of carbonyl (C=O) groups excluding carboxylic acids is 1. The molecule has 1 unspecified atom stereocenters. The maximum atomic E-state index is 13.3. The lowest BCUT2D eigenvalue weighted by atomic mass is 10.2. The van der Waals surface area contributed by atoms with Crippen molar-refractivity contribution in [3.05, 3.63) is 24.0 Å². The van der Waals surface area contributed by atoms with Crippen molar-refractivity contribution in [2.24, 2.45) is 5.73 Å². The summed E-state index contributed by atoms with van der Waals surface area (Å²) in [7, 11) is 0. The average molecular weight is 225 g/mol. The number of nitrogens with one attached hydrogen (secondary N) is 2. The van der Waals surface area contributed by atoms with Crippen LogP contribution in [0.15, 0.2) is 18.2 Å². The summed E-state index contributed by atoms with van der Waals surface area (Å²) in [6.45, 7) is 3.73. The second kappa shape index (κ2) is 5.46. The number of amides is 1. The lowest BCUT2D eigenvalue weighted by Crippen LogP contribution is -2.25. The highest BCUT2D eigenvalue weighted by Gasteiger charge is 2.06. The van der Waals surface area contributed by atoms with E-state index in [0.717, 1.165) is 5.69 Å². The van der Waals surface area contributed by atoms with Crippen LogP contribution in [0.25, 0.3) is 0 Å². The van der Waals surface area contributed by atoms with Crippen molar-refractivity contribution in [3.8, 4) is 0 Å². The second-order valence-corrected chi connectivity index (χ2v) is 3.66. The molecule has 1 amide bonds. The quantitative estimate of drug-likeness (QED) is 0.728. The predicted molar refractivity (Wildman–Crippen MR) is 62.8 cm³/mol. The van der Waals surface area contributed by atoms with E-state index in [1.807, 2.05) is 6.92 Å². The number of hydrogen-bond donors (Lipinski definition) is 3. The van der Waals surface area contributed by atoms with Crippen molar-refractivity contribution in [2.75, 3.05) is 17.2 Å². The Balaban J connectivity index is 2.84. The molecule has 1 rings (SSSR count). The molecule has 1 aromatic rings. The largest absolute Gasteiger partial charge is 0.381 e. The van der Waals surface area contributed by atoms with Gasteiger partial charge in [-0.15, -0.1) is 0 Å². The van der Waals surface area contributed by atoms with Crippen LogP contribution in [0.5, 0.6) is 0 Å². The topological polar surface area (TPSA) is 67.2 Å². The molecule has 0 aromatic heterocycles. The summed E-state index contributed by atoms with van der Waals surface area (Å²) in [4.78, 5) is 10.8. The summed E-state index contributed by atoms with van der Waals surface area (Å²) >= 11 is 0. The van der Waals surface area contributed by atoms with Crippen molar-refractivity contribution in [3.63, 3.8) is 0 Å². The molecule has 5 heteroatoms. The van der Waals surface area contributed by atoms with Crippen molar-refractivity contribution in [1.82, 2.24) is 0 Å². The summed E-state index contributed by atoms with van der Waals surface area (Å²) < 4.78 is 13.3. The van der Waals surface area contributed by atoms with Gasteiger partial charge in [0.2, 0.25) is 5.91 Å². The minimum Gasteiger partial charge on any atom is -0.381 e. The molecule has 1 aromatic carbocycles. The molecule has 0 heterocycles. The zero-order chi connectivity index (χ0) is 12.1. The fourth-order valence-electron chi connectivity index (χ4n) is 1.24. The summed E-state index contributed by atoms with van der Waals surface area (Å²) in [5.74, 6) is -0.760. The van der Waals surface area contributed by atoms with Gasteiger partial charge >= 0.3 is 0 Å². The van der Waals surface area contributed by atoms with E-state index in [9.17, 15) is 9.18 Å². The Morgan fingerprint density at radius 3 is 2.81 bits per heavy atom. The highest BCUT2D eigenvalue weighted by molar-refractivity contribution is 5.89. The SMILES string of the molecule is CC(=O)Nc1cc(NC(C)CN)ccc1F. The molecule has 4 nitrogen and oxygen atoms in total. The van der Waals surface area contributed by atoms with Gasteiger partial charge in [-0.25, -0.2) is 4.39 Å². The van der Waals surface area contributed by atoms with Crippen molar-refractivity contribution in [1.29, 1.82) is 0 Å². The molecule has 0 radical (unpaired) electrons. The van der Waals surface area contributed by atoms with Gasteiger partial charge in [-0.3, -0.25) is 4.79 Å². The highest BCUT2D eigenvalue weighted by atomic mass is 19.1. The third-order valence-corrected chi connectivity index (χ3v) is 2.04. The zero-order valence-corrected chi connectivity index (χ0v) is 9.38. The number of anilines is 2. The molecular weight excluding hydrogens is 209 g/mol. The predicted octanol–water partition coefficient (Wildman–Crippen LogP) is 1.54. The fourth-order valence-corrected chi connectivity index (χ4v) is 1.24. The lowest BCUT2D eigenvalue weighted by molar-refractivity contribution is -0.114. The van der Waals surface area contributed by atoms with Gasteiger partial charge in [0.25, 0.3) is 0 Å². The van der Waals surface area contributed by atoms with Crippen LogP contribution < -0.4 is 16.4 Å². The standard InChI is InChI=1S/C11H16FN3O/c1-7(6-13)14-9-3-4-10(12)11(5-9)15-8(2)16/h3-5,7,14H,6,13H2,1-2H3,(H,15,16). The molecule has 0 aliphatic carbocycles. The zero-order valence-electron chi connectivity index (χ0n) is 9.38. The number of nitrogens with two attached hydrogens (primary N) is 1. The fraction of sp³-hybridized carbons (Fsp3) is 0.364. The van der Waals surface area contributed by atoms with Crippen LogP contribution in [0.1, 0.15) is 13.8 Å². The van der Waals surface area contributed by atoms with Gasteiger partial charge in [0.05, 0.1) is 5.69 Å². The number of hydrogen-bond acceptors (Lipinski definition) is 3. The third kappa shape index (κ3) is 3.51. The van der Waals surface area contributed by atoms with Gasteiger partial charge in [0.15, 0.2) is 0 Å². The van der Waals surface area contributed by atoms with Crippen LogP contribution in [0.4, 0.5) is 15.8 Å². The second-order valence-electron chi connectivity index (χ2n) is 3.66. The minimum absolute atomic E-state index is 0.0932. The maximum absolute atomic E-state index is 13.3. The van der Waals surface area contributed by atoms with E-state index in [2.05, 4.69) is 10.6 Å². The molecule has 0 saturated heterocycles. The van der Waals surface area contributed by atoms with E-state index >= 15 is 0 Å². The van der Waals surface area contributed by atoms with Gasteiger partial charge in [-0.05, 0) is 25.1 Å². The summed E-state index contributed by atoms with van der Waals surface area (Å²) in [5, 5.41) is 5.51. The molecule has 88 valence electrons. The molecule has 16 heavy (non-hydrogen) atoms. The molecule has 0 fully saturated rings. The van der Waals surface area contributed by atoms with Crippen LogP contribution in [0.2, 0.25) is 0 Å². The van der Waals surface area contributed by atoms with E-state index in [4.69, 9.17) is 5.73 Å². The molecular formula is C11H16FN3O. The molecule has 1 atom stereocenters. The summed E-state index contributed by atoms with van der Waals surface area (Å²) in [6, 6.07) is 4.54. The lowest BCUT2D eigenvalue weighted by Gasteiger charge is -2.14. The monoisotopic (exact) mass is 225 g/mol. The molecule has 0 aliphatic heterocycles. The number of rotatable bonds is 4. The van der Waals surface area contributed by atoms with Crippen LogP contribution in [-0.2, 0) is 4.79 Å². The van der Waals surface area contributed by atoms with Gasteiger partial charge in [0, 0.05) is 25.2 Å². The molecule has 0 spiro atoms.